The summed E-state index contributed by atoms with van der Waals surface area (Å²) in [7, 11) is 1.63. The molecule has 0 aliphatic carbocycles. The van der Waals surface area contributed by atoms with Crippen molar-refractivity contribution < 1.29 is 14.6 Å². The number of aromatic hydroxyl groups is 1. The Labute approximate surface area is 154 Å². The van der Waals surface area contributed by atoms with Gasteiger partial charge in [-0.05, 0) is 29.8 Å². The van der Waals surface area contributed by atoms with Gasteiger partial charge in [0.2, 0.25) is 5.91 Å². The second-order valence-electron chi connectivity index (χ2n) is 6.38. The molecular weight excluding hydrogens is 330 g/mol. The van der Waals surface area contributed by atoms with Crippen LogP contribution in [-0.2, 0) is 11.3 Å². The number of carbonyl (C=O) groups is 1. The Kier molecular flexibility index (Phi) is 5.96. The lowest BCUT2D eigenvalue weighted by molar-refractivity contribution is -0.122. The molecule has 6 nitrogen and oxygen atoms in total. The maximum Gasteiger partial charge on any atom is 0.234 e. The number of nitrogens with one attached hydrogen (secondary N) is 1. The van der Waals surface area contributed by atoms with Crippen molar-refractivity contribution in [3.63, 3.8) is 0 Å². The Morgan fingerprint density at radius 2 is 1.77 bits per heavy atom. The molecule has 3 rings (SSSR count). The number of phenols is 1. The fraction of sp³-hybridized carbons (Fsp3) is 0.350. The molecule has 1 aliphatic rings. The highest BCUT2D eigenvalue weighted by Crippen LogP contribution is 2.27. The first kappa shape index (κ1) is 18.1. The quantitative estimate of drug-likeness (QED) is 0.828. The Morgan fingerprint density at radius 3 is 2.42 bits per heavy atom. The van der Waals surface area contributed by atoms with E-state index in [0.717, 1.165) is 43.2 Å². The summed E-state index contributed by atoms with van der Waals surface area (Å²) in [6.07, 6.45) is 0. The third-order valence-corrected chi connectivity index (χ3v) is 4.61. The lowest BCUT2D eigenvalue weighted by Gasteiger charge is -2.35. The first-order chi connectivity index (χ1) is 12.7. The van der Waals surface area contributed by atoms with Crippen LogP contribution in [0, 0.1) is 0 Å². The Bertz CT molecular complexity index is 725. The van der Waals surface area contributed by atoms with Gasteiger partial charge in [-0.1, -0.05) is 24.3 Å². The number of piperazine rings is 1. The largest absolute Gasteiger partial charge is 0.506 e. The van der Waals surface area contributed by atoms with E-state index in [1.165, 1.54) is 0 Å². The van der Waals surface area contributed by atoms with Crippen molar-refractivity contribution in [1.29, 1.82) is 0 Å². The van der Waals surface area contributed by atoms with E-state index >= 15 is 0 Å². The average Bonchev–Trinajstić information content (AvgIpc) is 2.68. The number of hydrogen-bond acceptors (Lipinski definition) is 5. The third-order valence-electron chi connectivity index (χ3n) is 4.61. The summed E-state index contributed by atoms with van der Waals surface area (Å²) in [6, 6.07) is 15.0. The minimum absolute atomic E-state index is 0.0248. The number of phenolic OH excluding ortho intramolecular Hbond substituents is 1. The van der Waals surface area contributed by atoms with Crippen LogP contribution >= 0.6 is 0 Å². The van der Waals surface area contributed by atoms with Gasteiger partial charge in [-0.15, -0.1) is 0 Å². The van der Waals surface area contributed by atoms with E-state index in [0.29, 0.717) is 18.8 Å². The number of rotatable bonds is 6. The number of carbonyl (C=O) groups excluding carboxylic acids is 1. The number of nitrogens with zero attached hydrogens (tertiary/aromatic N) is 2. The van der Waals surface area contributed by atoms with E-state index in [9.17, 15) is 9.90 Å². The summed E-state index contributed by atoms with van der Waals surface area (Å²) in [5, 5.41) is 12.9. The Hall–Kier alpha value is -2.73. The molecule has 6 heteroatoms. The molecular formula is C20H25N3O3. The zero-order valence-corrected chi connectivity index (χ0v) is 15.0. The third kappa shape index (κ3) is 4.67. The first-order valence-electron chi connectivity index (χ1n) is 8.80. The predicted molar refractivity (Wildman–Crippen MR) is 102 cm³/mol. The van der Waals surface area contributed by atoms with Gasteiger partial charge in [0.05, 0.1) is 19.3 Å². The second-order valence-corrected chi connectivity index (χ2v) is 6.38. The molecule has 2 aromatic carbocycles. The molecule has 1 fully saturated rings. The summed E-state index contributed by atoms with van der Waals surface area (Å²) < 4.78 is 5.13. The summed E-state index contributed by atoms with van der Waals surface area (Å²) in [5.74, 6) is 1.14. The molecule has 1 saturated heterocycles. The van der Waals surface area contributed by atoms with Crippen molar-refractivity contribution in [2.45, 2.75) is 6.54 Å². The molecule has 0 aromatic heterocycles. The fourth-order valence-corrected chi connectivity index (χ4v) is 3.08. The van der Waals surface area contributed by atoms with Crippen LogP contribution < -0.4 is 15.0 Å². The number of methoxy groups -OCH3 is 1. The lowest BCUT2D eigenvalue weighted by atomic mass is 10.2. The van der Waals surface area contributed by atoms with Crippen LogP contribution in [0.25, 0.3) is 0 Å². The van der Waals surface area contributed by atoms with Crippen LogP contribution in [0.5, 0.6) is 11.5 Å². The minimum atomic E-state index is 0.0248. The van der Waals surface area contributed by atoms with Gasteiger partial charge in [0.1, 0.15) is 11.5 Å². The molecule has 26 heavy (non-hydrogen) atoms. The van der Waals surface area contributed by atoms with Crippen molar-refractivity contribution >= 4 is 11.6 Å². The standard InChI is InChI=1S/C20H25N3O3/c1-26-17-8-6-16(7-9-17)14-21-20(25)15-22-10-12-23(13-11-22)18-4-2-3-5-19(18)24/h2-9,24H,10-15H2,1H3,(H,21,25). The zero-order chi connectivity index (χ0) is 18.4. The van der Waals surface area contributed by atoms with Crippen LogP contribution in [0.3, 0.4) is 0 Å². The summed E-state index contributed by atoms with van der Waals surface area (Å²) in [4.78, 5) is 16.5. The molecule has 0 bridgehead atoms. The first-order valence-corrected chi connectivity index (χ1v) is 8.80. The van der Waals surface area contributed by atoms with Gasteiger partial charge in [-0.3, -0.25) is 9.69 Å². The van der Waals surface area contributed by atoms with Gasteiger partial charge < -0.3 is 20.1 Å². The molecule has 138 valence electrons. The van der Waals surface area contributed by atoms with Crippen LogP contribution in [0.15, 0.2) is 48.5 Å². The van der Waals surface area contributed by atoms with E-state index in [1.807, 2.05) is 42.5 Å². The molecule has 0 radical (unpaired) electrons. The SMILES string of the molecule is COc1ccc(CNC(=O)CN2CCN(c3ccccc3O)CC2)cc1. The summed E-state index contributed by atoms with van der Waals surface area (Å²) >= 11 is 0. The molecule has 0 saturated carbocycles. The number of ether oxygens (including phenoxy) is 1. The maximum atomic E-state index is 12.2. The van der Waals surface area contributed by atoms with E-state index in [2.05, 4.69) is 15.1 Å². The van der Waals surface area contributed by atoms with Crippen LogP contribution in [0.4, 0.5) is 5.69 Å². The molecule has 1 aliphatic heterocycles. The van der Waals surface area contributed by atoms with E-state index in [1.54, 1.807) is 13.2 Å². The van der Waals surface area contributed by atoms with Crippen molar-refractivity contribution in [1.82, 2.24) is 10.2 Å². The number of benzene rings is 2. The Balaban J connectivity index is 1.42. The van der Waals surface area contributed by atoms with Gasteiger partial charge in [-0.25, -0.2) is 0 Å². The zero-order valence-electron chi connectivity index (χ0n) is 15.0. The maximum absolute atomic E-state index is 12.2. The van der Waals surface area contributed by atoms with Crippen LogP contribution in [0.2, 0.25) is 0 Å². The normalized spacial score (nSPS) is 14.9. The van der Waals surface area contributed by atoms with Crippen molar-refractivity contribution in [3.8, 4) is 11.5 Å². The molecule has 2 N–H and O–H groups in total. The van der Waals surface area contributed by atoms with Crippen molar-refractivity contribution in [2.24, 2.45) is 0 Å². The molecule has 1 heterocycles. The molecule has 1 amide bonds. The highest BCUT2D eigenvalue weighted by molar-refractivity contribution is 5.78. The fourth-order valence-electron chi connectivity index (χ4n) is 3.08. The predicted octanol–water partition coefficient (Wildman–Crippen LogP) is 1.84. The van der Waals surface area contributed by atoms with E-state index in [4.69, 9.17) is 4.74 Å². The number of amides is 1. The number of anilines is 1. The highest BCUT2D eigenvalue weighted by Gasteiger charge is 2.20. The molecule has 2 aromatic rings. The van der Waals surface area contributed by atoms with Gasteiger partial charge in [-0.2, -0.15) is 0 Å². The average molecular weight is 355 g/mol. The Morgan fingerprint density at radius 1 is 1.08 bits per heavy atom. The molecule has 0 atom stereocenters. The van der Waals surface area contributed by atoms with Gasteiger partial charge in [0, 0.05) is 32.7 Å². The smallest absolute Gasteiger partial charge is 0.234 e. The number of para-hydroxylation sites is 2. The van der Waals surface area contributed by atoms with Crippen LogP contribution in [0.1, 0.15) is 5.56 Å². The monoisotopic (exact) mass is 355 g/mol. The second kappa shape index (κ2) is 8.58. The van der Waals surface area contributed by atoms with Gasteiger partial charge >= 0.3 is 0 Å². The summed E-state index contributed by atoms with van der Waals surface area (Å²) in [5.41, 5.74) is 1.90. The number of hydrogen-bond donors (Lipinski definition) is 2. The lowest BCUT2D eigenvalue weighted by Crippen LogP contribution is -2.49. The van der Waals surface area contributed by atoms with Gasteiger partial charge in [0.15, 0.2) is 0 Å². The molecule has 0 unspecified atom stereocenters. The topological polar surface area (TPSA) is 65.0 Å². The van der Waals surface area contributed by atoms with Crippen molar-refractivity contribution in [2.75, 3.05) is 44.7 Å². The van der Waals surface area contributed by atoms with Gasteiger partial charge in [0.25, 0.3) is 0 Å². The highest BCUT2D eigenvalue weighted by atomic mass is 16.5. The van der Waals surface area contributed by atoms with E-state index in [-0.39, 0.29) is 5.91 Å². The summed E-state index contributed by atoms with van der Waals surface area (Å²) in [6.45, 7) is 4.09. The van der Waals surface area contributed by atoms with E-state index < -0.39 is 0 Å². The van der Waals surface area contributed by atoms with Crippen molar-refractivity contribution in [3.05, 3.63) is 54.1 Å². The molecule has 0 spiro atoms. The minimum Gasteiger partial charge on any atom is -0.506 e. The van der Waals surface area contributed by atoms with Crippen LogP contribution in [-0.4, -0.2) is 55.7 Å².